The summed E-state index contributed by atoms with van der Waals surface area (Å²) in [7, 11) is 0. The molecule has 3 aromatic rings. The zero-order valence-corrected chi connectivity index (χ0v) is 36.1. The number of amides is 6. The summed E-state index contributed by atoms with van der Waals surface area (Å²) >= 11 is 0. The fraction of sp³-hybridized carbons (Fsp3) is 0.538. The fourth-order valence-electron chi connectivity index (χ4n) is 6.43. The number of unbranched alkanes of at least 4 members (excludes halogenated alkanes) is 3. The monoisotopic (exact) mass is 927 g/mol. The summed E-state index contributed by atoms with van der Waals surface area (Å²) in [4.78, 5) is 125. The van der Waals surface area contributed by atoms with Crippen molar-refractivity contribution in [2.45, 2.75) is 95.2 Å². The van der Waals surface area contributed by atoms with Gasteiger partial charge in [0.05, 0.1) is 18.6 Å². The molecule has 1 fully saturated rings. The van der Waals surface area contributed by atoms with E-state index in [4.69, 9.17) is 0 Å². The molecule has 12 N–H and O–H groups in total. The van der Waals surface area contributed by atoms with Crippen molar-refractivity contribution < 1.29 is 44.4 Å². The van der Waals surface area contributed by atoms with Gasteiger partial charge in [-0.2, -0.15) is 15.0 Å². The van der Waals surface area contributed by atoms with E-state index in [-0.39, 0.29) is 75.6 Å². The quantitative estimate of drug-likeness (QED) is 0.0453. The van der Waals surface area contributed by atoms with Gasteiger partial charge in [-0.05, 0) is 57.8 Å². The molecule has 3 unspecified atom stereocenters. The van der Waals surface area contributed by atoms with Crippen LogP contribution in [0.1, 0.15) is 77.0 Å². The van der Waals surface area contributed by atoms with Crippen LogP contribution in [0.2, 0.25) is 0 Å². The molecule has 1 aliphatic heterocycles. The van der Waals surface area contributed by atoms with Gasteiger partial charge in [-0.15, -0.1) is 14.2 Å². The molecule has 4 heterocycles. The molecule has 1 aliphatic rings. The third-order valence-corrected chi connectivity index (χ3v) is 9.94. The molecule has 0 radical (unpaired) electrons. The van der Waals surface area contributed by atoms with Gasteiger partial charge in [0.1, 0.15) is 35.6 Å². The average molecular weight is 928 g/mol. The highest BCUT2D eigenvalue weighted by Crippen LogP contribution is 2.08. The lowest BCUT2D eigenvalue weighted by molar-refractivity contribution is -0.130. The Morgan fingerprint density at radius 1 is 0.455 bits per heavy atom. The number of hydrogen-bond donors (Lipinski definition) is 12. The van der Waals surface area contributed by atoms with E-state index in [0.29, 0.717) is 72.4 Å². The minimum atomic E-state index is -1.04. The molecular weight excluding hydrogens is 871 g/mol. The second-order valence-corrected chi connectivity index (χ2v) is 15.1. The zero-order chi connectivity index (χ0) is 47.8. The highest BCUT2D eigenvalue weighted by Gasteiger charge is 2.25. The number of carbonyl (C=O) groups is 6. The van der Waals surface area contributed by atoms with Crippen molar-refractivity contribution in [3.8, 4) is 0 Å². The Labute approximate surface area is 376 Å². The normalized spacial score (nSPS) is 18.3. The first-order valence-corrected chi connectivity index (χ1v) is 21.5. The smallest absolute Gasteiger partial charge is 0.382 e. The maximum Gasteiger partial charge on any atom is 0.382 e. The van der Waals surface area contributed by atoms with Crippen molar-refractivity contribution in [2.24, 2.45) is 0 Å². The lowest BCUT2D eigenvalue weighted by Crippen LogP contribution is -2.49. The van der Waals surface area contributed by atoms with Gasteiger partial charge in [0, 0.05) is 76.7 Å². The Morgan fingerprint density at radius 2 is 0.727 bits per heavy atom. The molecule has 4 rings (SSSR count). The van der Waals surface area contributed by atoms with Gasteiger partial charge >= 0.3 is 17.1 Å². The summed E-state index contributed by atoms with van der Waals surface area (Å²) in [5, 5.41) is 52.9. The lowest BCUT2D eigenvalue weighted by atomic mass is 10.1. The Hall–Kier alpha value is -7.74. The van der Waals surface area contributed by atoms with Gasteiger partial charge in [0.15, 0.2) is 0 Å². The van der Waals surface area contributed by atoms with Crippen LogP contribution in [-0.2, 0) is 28.8 Å². The molecule has 27 heteroatoms. The van der Waals surface area contributed by atoms with Crippen LogP contribution in [0.3, 0.4) is 0 Å². The third kappa shape index (κ3) is 18.2. The molecule has 6 amide bonds. The van der Waals surface area contributed by atoms with Crippen LogP contribution in [0.5, 0.6) is 0 Å². The molecule has 66 heavy (non-hydrogen) atoms. The van der Waals surface area contributed by atoms with Crippen molar-refractivity contribution in [1.29, 1.82) is 0 Å². The third-order valence-electron chi connectivity index (χ3n) is 9.94. The van der Waals surface area contributed by atoms with E-state index in [1.165, 1.54) is 18.2 Å². The summed E-state index contributed by atoms with van der Waals surface area (Å²) in [5.41, 5.74) is -2.61. The van der Waals surface area contributed by atoms with E-state index in [1.54, 1.807) is 0 Å². The second kappa shape index (κ2) is 26.8. The maximum atomic E-state index is 13.4. The molecule has 0 aliphatic carbocycles. The van der Waals surface area contributed by atoms with E-state index < -0.39 is 70.6 Å². The van der Waals surface area contributed by atoms with Gasteiger partial charge < -0.3 is 63.5 Å². The van der Waals surface area contributed by atoms with E-state index in [1.807, 2.05) is 0 Å². The van der Waals surface area contributed by atoms with E-state index in [2.05, 4.69) is 62.8 Å². The lowest BCUT2D eigenvalue weighted by Gasteiger charge is -2.20. The standard InChI is InChI=1S/C39H57N15O12/c55-31-10-20-44-35(59)26(8-2-5-17-41-29-14-23-53(65)38(62)50-29)48-33(57)12-21-45-36(60)27(9-3-6-18-42-30-15-24-54(66)39(63)51-30)47-32(56)11-19-43-34(58)25(46-31)7-1-4-16-40-28-13-22-52(64)37(61)49-28/h13-15,22-27,64-66H,1-12,16-21H2,(H,43,58)(H,44,59)(H,45,60)(H,46,55)(H,47,56)(H,48,57)(H,40,49,61)(H,41,50,62)(H,42,51,63). The summed E-state index contributed by atoms with van der Waals surface area (Å²) in [5.74, 6) is -2.72. The van der Waals surface area contributed by atoms with Gasteiger partial charge in [0.25, 0.3) is 0 Å². The van der Waals surface area contributed by atoms with Gasteiger partial charge in [0.2, 0.25) is 35.4 Å². The summed E-state index contributed by atoms with van der Waals surface area (Å²) in [6, 6.07) is 1.07. The van der Waals surface area contributed by atoms with E-state index in [9.17, 15) is 58.8 Å². The van der Waals surface area contributed by atoms with Gasteiger partial charge in [-0.3, -0.25) is 28.8 Å². The number of carbonyl (C=O) groups excluding carboxylic acids is 6. The molecule has 360 valence electrons. The van der Waals surface area contributed by atoms with E-state index in [0.717, 1.165) is 18.6 Å². The molecular formula is C39H57N15O12. The first-order chi connectivity index (χ1) is 31.7. The highest BCUT2D eigenvalue weighted by molar-refractivity contribution is 5.91. The minimum absolute atomic E-state index is 0.139. The summed E-state index contributed by atoms with van der Waals surface area (Å²) < 4.78 is 0.989. The average Bonchev–Trinajstić information content (AvgIpc) is 3.27. The Morgan fingerprint density at radius 3 is 0.985 bits per heavy atom. The largest absolute Gasteiger partial charge is 0.424 e. The van der Waals surface area contributed by atoms with Crippen molar-refractivity contribution in [3.63, 3.8) is 0 Å². The number of anilines is 3. The van der Waals surface area contributed by atoms with Crippen molar-refractivity contribution >= 4 is 52.9 Å². The SMILES string of the molecule is O=C1CCNC(=O)C(CCCCNc2ccn(O)c(=O)n2)NC(=O)CCNC(=O)C(CCCCNc2ccn(O)c(=O)n2)NC(=O)CCNC(=O)C(CCCCNc2ccn(O)c(=O)n2)N1. The number of nitrogens with zero attached hydrogens (tertiary/aromatic N) is 6. The van der Waals surface area contributed by atoms with Crippen LogP contribution in [0, 0.1) is 0 Å². The molecule has 3 atom stereocenters. The number of hydrogen-bond acceptors (Lipinski definition) is 18. The second-order valence-electron chi connectivity index (χ2n) is 15.1. The van der Waals surface area contributed by atoms with Crippen LogP contribution >= 0.6 is 0 Å². The first-order valence-electron chi connectivity index (χ1n) is 21.5. The first kappa shape index (κ1) is 50.9. The zero-order valence-electron chi connectivity index (χ0n) is 36.1. The van der Waals surface area contributed by atoms with Crippen LogP contribution < -0.4 is 64.9 Å². The Balaban J connectivity index is 1.40. The molecule has 1 saturated heterocycles. The maximum absolute atomic E-state index is 13.4. The highest BCUT2D eigenvalue weighted by atomic mass is 16.5. The topological polar surface area (TPSA) is 376 Å². The van der Waals surface area contributed by atoms with Crippen LogP contribution in [0.25, 0.3) is 0 Å². The number of rotatable bonds is 18. The van der Waals surface area contributed by atoms with Gasteiger partial charge in [-0.1, -0.05) is 0 Å². The fourth-order valence-corrected chi connectivity index (χ4v) is 6.43. The molecule has 27 nitrogen and oxygen atoms in total. The molecule has 3 aromatic heterocycles. The van der Waals surface area contributed by atoms with Crippen molar-refractivity contribution in [2.75, 3.05) is 55.2 Å². The van der Waals surface area contributed by atoms with Crippen LogP contribution in [0.4, 0.5) is 17.5 Å². The minimum Gasteiger partial charge on any atom is -0.424 e. The van der Waals surface area contributed by atoms with Crippen molar-refractivity contribution in [1.82, 2.24) is 61.0 Å². The summed E-state index contributed by atoms with van der Waals surface area (Å²) in [6.07, 6.45) is 5.93. The van der Waals surface area contributed by atoms with Crippen molar-refractivity contribution in [3.05, 3.63) is 68.2 Å². The van der Waals surface area contributed by atoms with Crippen LogP contribution in [0.15, 0.2) is 51.2 Å². The number of aromatic nitrogens is 6. The Bertz CT molecular complexity index is 2050. The molecule has 0 aromatic carbocycles. The molecule has 0 saturated carbocycles. The molecule has 0 spiro atoms. The molecule has 0 bridgehead atoms. The number of nitrogens with one attached hydrogen (secondary N) is 9. The predicted octanol–water partition coefficient (Wildman–Crippen LogP) is -2.80. The van der Waals surface area contributed by atoms with Crippen LogP contribution in [-0.4, -0.2) is 138 Å². The Kier molecular flexibility index (Phi) is 20.7. The van der Waals surface area contributed by atoms with Gasteiger partial charge in [-0.25, -0.2) is 14.4 Å². The van der Waals surface area contributed by atoms with E-state index >= 15 is 0 Å². The summed E-state index contributed by atoms with van der Waals surface area (Å²) in [6.45, 7) is 0.596. The predicted molar refractivity (Wildman–Crippen MR) is 233 cm³/mol.